The van der Waals surface area contributed by atoms with Gasteiger partial charge in [-0.3, -0.25) is 9.59 Å². The SMILES string of the molecule is Cc1ccc(C)c2c(C)c(C(=O)NCCCC(=O)O)oc12. The molecule has 1 aromatic carbocycles. The summed E-state index contributed by atoms with van der Waals surface area (Å²) in [5, 5.41) is 12.2. The van der Waals surface area contributed by atoms with Crippen LogP contribution in [0.2, 0.25) is 0 Å². The van der Waals surface area contributed by atoms with E-state index < -0.39 is 5.97 Å². The molecule has 0 unspecified atom stereocenters. The number of hydrogen-bond acceptors (Lipinski definition) is 3. The second kappa shape index (κ2) is 5.99. The Labute approximate surface area is 122 Å². The Bertz CT molecular complexity index is 700. The van der Waals surface area contributed by atoms with Gasteiger partial charge in [-0.2, -0.15) is 0 Å². The van der Waals surface area contributed by atoms with Gasteiger partial charge >= 0.3 is 5.97 Å². The molecule has 0 atom stereocenters. The monoisotopic (exact) mass is 289 g/mol. The molecule has 0 aliphatic carbocycles. The number of carboxylic acid groups (broad SMARTS) is 1. The van der Waals surface area contributed by atoms with E-state index in [1.165, 1.54) is 0 Å². The third-order valence-corrected chi connectivity index (χ3v) is 3.54. The Balaban J connectivity index is 2.20. The third-order valence-electron chi connectivity index (χ3n) is 3.54. The molecule has 0 bridgehead atoms. The minimum atomic E-state index is -0.865. The maximum Gasteiger partial charge on any atom is 0.303 e. The van der Waals surface area contributed by atoms with E-state index in [0.717, 1.165) is 27.7 Å². The minimum absolute atomic E-state index is 0.0393. The molecule has 0 saturated heterocycles. The number of carboxylic acids is 1. The van der Waals surface area contributed by atoms with Crippen LogP contribution in [0.1, 0.15) is 40.1 Å². The van der Waals surface area contributed by atoms with E-state index in [0.29, 0.717) is 18.7 Å². The molecule has 5 heteroatoms. The smallest absolute Gasteiger partial charge is 0.303 e. The van der Waals surface area contributed by atoms with Gasteiger partial charge in [-0.15, -0.1) is 0 Å². The number of carbonyl (C=O) groups excluding carboxylic acids is 1. The zero-order valence-corrected chi connectivity index (χ0v) is 12.4. The van der Waals surface area contributed by atoms with Crippen molar-refractivity contribution in [3.8, 4) is 0 Å². The Morgan fingerprint density at radius 3 is 2.48 bits per heavy atom. The van der Waals surface area contributed by atoms with Gasteiger partial charge < -0.3 is 14.8 Å². The summed E-state index contributed by atoms with van der Waals surface area (Å²) in [6, 6.07) is 3.98. The van der Waals surface area contributed by atoms with Crippen molar-refractivity contribution < 1.29 is 19.1 Å². The first-order chi connectivity index (χ1) is 9.91. The summed E-state index contributed by atoms with van der Waals surface area (Å²) in [7, 11) is 0. The lowest BCUT2D eigenvalue weighted by Crippen LogP contribution is -2.25. The standard InChI is InChI=1S/C16H19NO4/c1-9-6-7-10(2)14-13(9)11(3)15(21-14)16(20)17-8-4-5-12(18)19/h6-7H,4-5,8H2,1-3H3,(H,17,20)(H,18,19). The minimum Gasteiger partial charge on any atom is -0.481 e. The van der Waals surface area contributed by atoms with E-state index in [4.69, 9.17) is 9.52 Å². The number of benzene rings is 1. The molecule has 1 heterocycles. The molecule has 5 nitrogen and oxygen atoms in total. The average Bonchev–Trinajstić information content (AvgIpc) is 2.78. The zero-order chi connectivity index (χ0) is 15.6. The molecule has 1 amide bonds. The van der Waals surface area contributed by atoms with Crippen LogP contribution in [0.4, 0.5) is 0 Å². The molecular formula is C16H19NO4. The summed E-state index contributed by atoms with van der Waals surface area (Å²) in [6.45, 7) is 6.11. The normalized spacial score (nSPS) is 10.8. The molecule has 0 spiro atoms. The van der Waals surface area contributed by atoms with Gasteiger partial charge in [-0.25, -0.2) is 0 Å². The van der Waals surface area contributed by atoms with Crippen molar-refractivity contribution in [2.45, 2.75) is 33.6 Å². The van der Waals surface area contributed by atoms with Crippen LogP contribution in [0, 0.1) is 20.8 Å². The predicted molar refractivity (Wildman–Crippen MR) is 79.6 cm³/mol. The first-order valence-electron chi connectivity index (χ1n) is 6.91. The summed E-state index contributed by atoms with van der Waals surface area (Å²) < 4.78 is 5.72. The first kappa shape index (κ1) is 15.1. The van der Waals surface area contributed by atoms with Crippen molar-refractivity contribution in [3.05, 3.63) is 34.6 Å². The summed E-state index contributed by atoms with van der Waals surface area (Å²) in [5.74, 6) is -0.860. The Hall–Kier alpha value is -2.30. The molecule has 0 aliphatic rings. The molecule has 1 aromatic heterocycles. The molecule has 2 aromatic rings. The lowest BCUT2D eigenvalue weighted by Gasteiger charge is -2.02. The summed E-state index contributed by atoms with van der Waals surface area (Å²) in [4.78, 5) is 22.6. The Kier molecular flexibility index (Phi) is 4.31. The molecule has 0 aliphatic heterocycles. The molecule has 2 N–H and O–H groups in total. The van der Waals surface area contributed by atoms with Crippen molar-refractivity contribution in [1.82, 2.24) is 5.32 Å². The molecule has 0 radical (unpaired) electrons. The van der Waals surface area contributed by atoms with Crippen molar-refractivity contribution >= 4 is 22.8 Å². The van der Waals surface area contributed by atoms with E-state index >= 15 is 0 Å². The van der Waals surface area contributed by atoms with E-state index in [-0.39, 0.29) is 12.3 Å². The molecule has 0 saturated carbocycles. The van der Waals surface area contributed by atoms with Crippen LogP contribution in [0.3, 0.4) is 0 Å². The highest BCUT2D eigenvalue weighted by Gasteiger charge is 2.19. The van der Waals surface area contributed by atoms with Gasteiger partial charge in [0, 0.05) is 23.9 Å². The molecule has 112 valence electrons. The fourth-order valence-corrected chi connectivity index (χ4v) is 2.41. The number of furan rings is 1. The summed E-state index contributed by atoms with van der Waals surface area (Å²) in [5.41, 5.74) is 3.62. The highest BCUT2D eigenvalue weighted by atomic mass is 16.4. The van der Waals surface area contributed by atoms with Gasteiger partial charge in [0.05, 0.1) is 0 Å². The van der Waals surface area contributed by atoms with Gasteiger partial charge in [-0.1, -0.05) is 12.1 Å². The number of hydrogen-bond donors (Lipinski definition) is 2. The van der Waals surface area contributed by atoms with Crippen LogP contribution in [0.25, 0.3) is 11.0 Å². The topological polar surface area (TPSA) is 79.5 Å². The van der Waals surface area contributed by atoms with Crippen LogP contribution in [-0.2, 0) is 4.79 Å². The fraction of sp³-hybridized carbons (Fsp3) is 0.375. The molecule has 21 heavy (non-hydrogen) atoms. The van der Waals surface area contributed by atoms with Gasteiger partial charge in [0.2, 0.25) is 0 Å². The fourth-order valence-electron chi connectivity index (χ4n) is 2.41. The molecule has 0 fully saturated rings. The van der Waals surface area contributed by atoms with Crippen LogP contribution < -0.4 is 5.32 Å². The van der Waals surface area contributed by atoms with E-state index in [1.54, 1.807) is 0 Å². The maximum atomic E-state index is 12.2. The van der Waals surface area contributed by atoms with E-state index in [9.17, 15) is 9.59 Å². The van der Waals surface area contributed by atoms with Gasteiger partial charge in [0.1, 0.15) is 5.58 Å². The Morgan fingerprint density at radius 1 is 1.19 bits per heavy atom. The van der Waals surface area contributed by atoms with Crippen LogP contribution in [0.5, 0.6) is 0 Å². The molecular weight excluding hydrogens is 270 g/mol. The van der Waals surface area contributed by atoms with Crippen LogP contribution in [-0.4, -0.2) is 23.5 Å². The second-order valence-electron chi connectivity index (χ2n) is 5.21. The second-order valence-corrected chi connectivity index (χ2v) is 5.21. The van der Waals surface area contributed by atoms with Gasteiger partial charge in [0.15, 0.2) is 5.76 Å². The van der Waals surface area contributed by atoms with E-state index in [2.05, 4.69) is 5.32 Å². The Morgan fingerprint density at radius 2 is 1.86 bits per heavy atom. The number of fused-ring (bicyclic) bond motifs is 1. The van der Waals surface area contributed by atoms with Crippen molar-refractivity contribution in [1.29, 1.82) is 0 Å². The van der Waals surface area contributed by atoms with Gasteiger partial charge in [-0.05, 0) is 38.3 Å². The van der Waals surface area contributed by atoms with Crippen molar-refractivity contribution in [2.24, 2.45) is 0 Å². The molecule has 2 rings (SSSR count). The number of amides is 1. The van der Waals surface area contributed by atoms with E-state index in [1.807, 2.05) is 32.9 Å². The number of carbonyl (C=O) groups is 2. The highest BCUT2D eigenvalue weighted by Crippen LogP contribution is 2.30. The van der Waals surface area contributed by atoms with Crippen LogP contribution in [0.15, 0.2) is 16.5 Å². The first-order valence-corrected chi connectivity index (χ1v) is 6.91. The zero-order valence-electron chi connectivity index (χ0n) is 12.4. The number of rotatable bonds is 5. The number of aliphatic carboxylic acids is 1. The van der Waals surface area contributed by atoms with Crippen LogP contribution >= 0.6 is 0 Å². The predicted octanol–water partition coefficient (Wildman–Crippen LogP) is 2.95. The largest absolute Gasteiger partial charge is 0.481 e. The lowest BCUT2D eigenvalue weighted by molar-refractivity contribution is -0.137. The number of nitrogens with one attached hydrogen (secondary N) is 1. The average molecular weight is 289 g/mol. The van der Waals surface area contributed by atoms with Crippen molar-refractivity contribution in [3.63, 3.8) is 0 Å². The van der Waals surface area contributed by atoms with Crippen molar-refractivity contribution in [2.75, 3.05) is 6.54 Å². The quantitative estimate of drug-likeness (QED) is 0.829. The maximum absolute atomic E-state index is 12.2. The third kappa shape index (κ3) is 3.07. The highest BCUT2D eigenvalue weighted by molar-refractivity contribution is 6.00. The number of aryl methyl sites for hydroxylation is 3. The summed E-state index contributed by atoms with van der Waals surface area (Å²) >= 11 is 0. The lowest BCUT2D eigenvalue weighted by atomic mass is 10.0. The van der Waals surface area contributed by atoms with Gasteiger partial charge in [0.25, 0.3) is 5.91 Å². The summed E-state index contributed by atoms with van der Waals surface area (Å²) in [6.07, 6.45) is 0.440.